The molecule has 2 heterocycles. The fourth-order valence-electron chi connectivity index (χ4n) is 3.38. The SMILES string of the molecule is Cc1c(-c2ccccc2)nn(CC(C)C)c(=O)c1N1CCN(C)CC1.Cl.Cl. The van der Waals surface area contributed by atoms with Gasteiger partial charge in [-0.15, -0.1) is 24.8 Å². The van der Waals surface area contributed by atoms with Gasteiger partial charge in [-0.25, -0.2) is 4.68 Å². The zero-order valence-electron chi connectivity index (χ0n) is 16.5. The Balaban J connectivity index is 0.00000182. The monoisotopic (exact) mass is 412 g/mol. The van der Waals surface area contributed by atoms with E-state index in [9.17, 15) is 4.79 Å². The molecule has 0 radical (unpaired) electrons. The van der Waals surface area contributed by atoms with Crippen molar-refractivity contribution >= 4 is 30.5 Å². The van der Waals surface area contributed by atoms with Gasteiger partial charge in [0.05, 0.1) is 5.69 Å². The first-order chi connectivity index (χ1) is 12.0. The van der Waals surface area contributed by atoms with E-state index in [2.05, 4.69) is 42.8 Å². The van der Waals surface area contributed by atoms with Crippen LogP contribution in [0.1, 0.15) is 19.4 Å². The second-order valence-corrected chi connectivity index (χ2v) is 7.36. The fourth-order valence-corrected chi connectivity index (χ4v) is 3.38. The van der Waals surface area contributed by atoms with Gasteiger partial charge >= 0.3 is 0 Å². The van der Waals surface area contributed by atoms with Crippen molar-refractivity contribution in [2.75, 3.05) is 38.1 Å². The number of benzene rings is 1. The molecule has 0 unspecified atom stereocenters. The molecular formula is C20H30Cl2N4O. The Kier molecular flexibility index (Phi) is 8.79. The summed E-state index contributed by atoms with van der Waals surface area (Å²) in [5.74, 6) is 0.372. The Bertz CT molecular complexity index is 785. The molecule has 3 rings (SSSR count). The number of rotatable bonds is 4. The summed E-state index contributed by atoms with van der Waals surface area (Å²) in [5, 5.41) is 4.72. The summed E-state index contributed by atoms with van der Waals surface area (Å²) in [6.07, 6.45) is 0. The van der Waals surface area contributed by atoms with Gasteiger partial charge < -0.3 is 9.80 Å². The second kappa shape index (κ2) is 10.1. The van der Waals surface area contributed by atoms with Crippen LogP contribution in [0.2, 0.25) is 0 Å². The quantitative estimate of drug-likeness (QED) is 0.770. The molecule has 1 aliphatic rings. The van der Waals surface area contributed by atoms with Crippen LogP contribution in [0.5, 0.6) is 0 Å². The second-order valence-electron chi connectivity index (χ2n) is 7.36. The van der Waals surface area contributed by atoms with Crippen molar-refractivity contribution in [3.63, 3.8) is 0 Å². The molecular weight excluding hydrogens is 383 g/mol. The molecule has 0 saturated carbocycles. The van der Waals surface area contributed by atoms with Gasteiger partial charge in [0.2, 0.25) is 0 Å². The van der Waals surface area contributed by atoms with Crippen molar-refractivity contribution < 1.29 is 0 Å². The van der Waals surface area contributed by atoms with Gasteiger partial charge in [-0.05, 0) is 19.9 Å². The van der Waals surface area contributed by atoms with Crippen LogP contribution in [0.15, 0.2) is 35.1 Å². The van der Waals surface area contributed by atoms with Crippen LogP contribution in [0.25, 0.3) is 11.3 Å². The highest BCUT2D eigenvalue weighted by Crippen LogP contribution is 2.26. The Morgan fingerprint density at radius 3 is 2.19 bits per heavy atom. The predicted molar refractivity (Wildman–Crippen MR) is 118 cm³/mol. The van der Waals surface area contributed by atoms with Gasteiger partial charge in [-0.1, -0.05) is 44.2 Å². The molecule has 0 atom stereocenters. The molecule has 0 N–H and O–H groups in total. The number of anilines is 1. The smallest absolute Gasteiger partial charge is 0.290 e. The van der Waals surface area contributed by atoms with E-state index in [4.69, 9.17) is 5.10 Å². The van der Waals surface area contributed by atoms with Crippen LogP contribution >= 0.6 is 24.8 Å². The molecule has 1 saturated heterocycles. The molecule has 0 aliphatic carbocycles. The largest absolute Gasteiger partial charge is 0.364 e. The average molecular weight is 413 g/mol. The summed E-state index contributed by atoms with van der Waals surface area (Å²) < 4.78 is 1.66. The minimum absolute atomic E-state index is 0. The van der Waals surface area contributed by atoms with Gasteiger partial charge in [-0.3, -0.25) is 4.79 Å². The number of piperazine rings is 1. The molecule has 0 amide bonds. The molecule has 5 nitrogen and oxygen atoms in total. The minimum atomic E-state index is 0. The van der Waals surface area contributed by atoms with Crippen molar-refractivity contribution in [1.82, 2.24) is 14.7 Å². The first-order valence-electron chi connectivity index (χ1n) is 9.08. The topological polar surface area (TPSA) is 41.4 Å². The average Bonchev–Trinajstić information content (AvgIpc) is 2.59. The van der Waals surface area contributed by atoms with E-state index >= 15 is 0 Å². The van der Waals surface area contributed by atoms with E-state index in [1.54, 1.807) is 4.68 Å². The van der Waals surface area contributed by atoms with Crippen molar-refractivity contribution in [2.24, 2.45) is 5.92 Å². The summed E-state index contributed by atoms with van der Waals surface area (Å²) in [4.78, 5) is 17.7. The van der Waals surface area contributed by atoms with Crippen LogP contribution in [-0.4, -0.2) is 47.9 Å². The van der Waals surface area contributed by atoms with Crippen LogP contribution in [-0.2, 0) is 6.54 Å². The van der Waals surface area contributed by atoms with E-state index in [-0.39, 0.29) is 30.4 Å². The molecule has 2 aromatic rings. The zero-order chi connectivity index (χ0) is 18.0. The molecule has 150 valence electrons. The van der Waals surface area contributed by atoms with Crippen LogP contribution in [0.3, 0.4) is 0 Å². The van der Waals surface area contributed by atoms with Crippen molar-refractivity contribution in [3.8, 4) is 11.3 Å². The van der Waals surface area contributed by atoms with E-state index in [1.165, 1.54) is 0 Å². The summed E-state index contributed by atoms with van der Waals surface area (Å²) in [7, 11) is 2.13. The highest BCUT2D eigenvalue weighted by atomic mass is 35.5. The van der Waals surface area contributed by atoms with Crippen LogP contribution < -0.4 is 10.5 Å². The first-order valence-corrected chi connectivity index (χ1v) is 9.08. The zero-order valence-corrected chi connectivity index (χ0v) is 18.1. The Labute approximate surface area is 174 Å². The summed E-state index contributed by atoms with van der Waals surface area (Å²) in [5.41, 5.74) is 3.82. The summed E-state index contributed by atoms with van der Waals surface area (Å²) in [6, 6.07) is 10.2. The molecule has 1 fully saturated rings. The van der Waals surface area contributed by atoms with Gasteiger partial charge in [0, 0.05) is 43.9 Å². The third-order valence-corrected chi connectivity index (χ3v) is 4.77. The molecule has 0 spiro atoms. The molecule has 27 heavy (non-hydrogen) atoms. The summed E-state index contributed by atoms with van der Waals surface area (Å²) >= 11 is 0. The van der Waals surface area contributed by atoms with E-state index < -0.39 is 0 Å². The molecule has 0 bridgehead atoms. The number of nitrogens with zero attached hydrogens (tertiary/aromatic N) is 4. The maximum Gasteiger partial charge on any atom is 0.290 e. The number of hydrogen-bond acceptors (Lipinski definition) is 4. The third-order valence-electron chi connectivity index (χ3n) is 4.77. The normalized spacial score (nSPS) is 14.6. The lowest BCUT2D eigenvalue weighted by molar-refractivity contribution is 0.312. The van der Waals surface area contributed by atoms with Crippen molar-refractivity contribution in [3.05, 3.63) is 46.2 Å². The van der Waals surface area contributed by atoms with E-state index in [0.717, 1.165) is 48.7 Å². The molecule has 7 heteroatoms. The Morgan fingerprint density at radius 1 is 1.04 bits per heavy atom. The lowest BCUT2D eigenvalue weighted by Gasteiger charge is -2.34. The fraction of sp³-hybridized carbons (Fsp3) is 0.500. The maximum absolute atomic E-state index is 13.1. The molecule has 1 aliphatic heterocycles. The molecule has 1 aromatic carbocycles. The van der Waals surface area contributed by atoms with Gasteiger partial charge in [0.15, 0.2) is 0 Å². The maximum atomic E-state index is 13.1. The van der Waals surface area contributed by atoms with Crippen molar-refractivity contribution in [2.45, 2.75) is 27.3 Å². The predicted octanol–water partition coefficient (Wildman–Crippen LogP) is 3.47. The number of aromatic nitrogens is 2. The Hall–Kier alpha value is -1.56. The standard InChI is InChI=1S/C20H28N4O.2ClH/c1-15(2)14-24-20(25)19(23-12-10-22(4)11-13-23)16(3)18(21-24)17-8-6-5-7-9-17;;/h5-9,15H,10-14H2,1-4H3;2*1H. The van der Waals surface area contributed by atoms with E-state index in [0.29, 0.717) is 12.5 Å². The first kappa shape index (κ1) is 23.5. The van der Waals surface area contributed by atoms with Crippen LogP contribution in [0.4, 0.5) is 5.69 Å². The highest BCUT2D eigenvalue weighted by Gasteiger charge is 2.23. The highest BCUT2D eigenvalue weighted by molar-refractivity contribution is 5.85. The Morgan fingerprint density at radius 2 is 1.63 bits per heavy atom. The lowest BCUT2D eigenvalue weighted by atomic mass is 10.1. The number of hydrogen-bond donors (Lipinski definition) is 0. The number of halogens is 2. The minimum Gasteiger partial charge on any atom is -0.364 e. The third kappa shape index (κ3) is 5.24. The van der Waals surface area contributed by atoms with Gasteiger partial charge in [-0.2, -0.15) is 5.10 Å². The van der Waals surface area contributed by atoms with Gasteiger partial charge in [0.1, 0.15) is 5.69 Å². The molecule has 1 aromatic heterocycles. The number of likely N-dealkylation sites (N-methyl/N-ethyl adjacent to an activating group) is 1. The van der Waals surface area contributed by atoms with Gasteiger partial charge in [0.25, 0.3) is 5.56 Å². The summed E-state index contributed by atoms with van der Waals surface area (Å²) in [6.45, 7) is 10.6. The lowest BCUT2D eigenvalue weighted by Crippen LogP contribution is -2.47. The van der Waals surface area contributed by atoms with E-state index in [1.807, 2.05) is 25.1 Å². The van der Waals surface area contributed by atoms with Crippen LogP contribution in [0, 0.1) is 12.8 Å². The van der Waals surface area contributed by atoms with Crippen molar-refractivity contribution in [1.29, 1.82) is 0 Å².